The molecule has 0 aromatic heterocycles. The molecule has 0 amide bonds. The maximum Gasteiger partial charge on any atom is 0.00830 e. The summed E-state index contributed by atoms with van der Waals surface area (Å²) < 4.78 is 0. The first kappa shape index (κ1) is 5.78. The van der Waals surface area contributed by atoms with Crippen molar-refractivity contribution in [2.45, 2.75) is 18.9 Å². The van der Waals surface area contributed by atoms with E-state index in [1.807, 2.05) is 0 Å². The minimum atomic E-state index is 0.976. The SMILES string of the molecule is C#CCCC[SiH3]. The zero-order valence-electron chi connectivity index (χ0n) is 4.20. The summed E-state index contributed by atoms with van der Waals surface area (Å²) >= 11 is 0. The minimum absolute atomic E-state index is 0.976. The largest absolute Gasteiger partial charge is 0.120 e. The number of unbranched alkanes of at least 4 members (excludes halogenated alkanes) is 1. The molecule has 0 bridgehead atoms. The molecule has 0 radical (unpaired) electrons. The van der Waals surface area contributed by atoms with Crippen molar-refractivity contribution in [3.8, 4) is 12.3 Å². The second-order valence-corrected chi connectivity index (χ2v) is 2.31. The molecule has 0 aromatic carbocycles. The third-order valence-electron chi connectivity index (χ3n) is 0.675. The summed E-state index contributed by atoms with van der Waals surface area (Å²) in [5, 5.41) is 0. The summed E-state index contributed by atoms with van der Waals surface area (Å²) in [5.41, 5.74) is 0. The molecular formula is C5H10Si. The van der Waals surface area contributed by atoms with Gasteiger partial charge in [-0.25, -0.2) is 0 Å². The average molecular weight is 98.2 g/mol. The van der Waals surface area contributed by atoms with Crippen molar-refractivity contribution in [3.05, 3.63) is 0 Å². The van der Waals surface area contributed by atoms with Crippen LogP contribution in [0.25, 0.3) is 0 Å². The molecule has 0 nitrogen and oxygen atoms in total. The highest BCUT2D eigenvalue weighted by molar-refractivity contribution is 6.08. The van der Waals surface area contributed by atoms with Gasteiger partial charge in [0.25, 0.3) is 0 Å². The molecule has 0 fully saturated rings. The zero-order chi connectivity index (χ0) is 4.83. The third-order valence-corrected chi connectivity index (χ3v) is 1.38. The van der Waals surface area contributed by atoms with Gasteiger partial charge in [-0.1, -0.05) is 6.04 Å². The molecule has 0 saturated carbocycles. The molecule has 0 saturated heterocycles. The van der Waals surface area contributed by atoms with Gasteiger partial charge in [-0.2, -0.15) is 0 Å². The van der Waals surface area contributed by atoms with Crippen molar-refractivity contribution in [1.29, 1.82) is 0 Å². The van der Waals surface area contributed by atoms with Crippen LogP contribution >= 0.6 is 0 Å². The molecule has 0 aliphatic carbocycles. The Balaban J connectivity index is 2.54. The Kier molecular flexibility index (Phi) is 4.60. The summed E-state index contributed by atoms with van der Waals surface area (Å²) in [6, 6.07) is 1.35. The molecule has 0 aliphatic rings. The molecule has 0 heterocycles. The summed E-state index contributed by atoms with van der Waals surface area (Å²) in [7, 11) is 1.31. The summed E-state index contributed by atoms with van der Waals surface area (Å²) in [5.74, 6) is 2.59. The smallest absolute Gasteiger partial charge is 0.00830 e. The molecule has 0 aliphatic heterocycles. The first-order valence-corrected chi connectivity index (χ1v) is 3.76. The number of terminal acetylenes is 1. The van der Waals surface area contributed by atoms with Crippen LogP contribution in [0.4, 0.5) is 0 Å². The fourth-order valence-corrected chi connectivity index (χ4v) is 0.632. The van der Waals surface area contributed by atoms with Crippen molar-refractivity contribution in [3.63, 3.8) is 0 Å². The van der Waals surface area contributed by atoms with Crippen LogP contribution in [-0.4, -0.2) is 10.2 Å². The van der Waals surface area contributed by atoms with Gasteiger partial charge >= 0.3 is 0 Å². The topological polar surface area (TPSA) is 0 Å². The number of hydrogen-bond donors (Lipinski definition) is 0. The van der Waals surface area contributed by atoms with E-state index in [4.69, 9.17) is 6.42 Å². The predicted octanol–water partition coefficient (Wildman–Crippen LogP) is 0.183. The van der Waals surface area contributed by atoms with Crippen LogP contribution in [0.5, 0.6) is 0 Å². The lowest BCUT2D eigenvalue weighted by molar-refractivity contribution is 0.980. The second kappa shape index (κ2) is 4.78. The summed E-state index contributed by atoms with van der Waals surface area (Å²) in [4.78, 5) is 0. The quantitative estimate of drug-likeness (QED) is 0.263. The van der Waals surface area contributed by atoms with Gasteiger partial charge in [0, 0.05) is 16.7 Å². The normalized spacial score (nSPS) is 7.83. The highest BCUT2D eigenvalue weighted by Gasteiger charge is 1.71. The molecule has 34 valence electrons. The molecule has 0 unspecified atom stereocenters. The van der Waals surface area contributed by atoms with Crippen molar-refractivity contribution in [2.24, 2.45) is 0 Å². The Morgan fingerprint density at radius 3 is 2.50 bits per heavy atom. The van der Waals surface area contributed by atoms with Gasteiger partial charge in [-0.15, -0.1) is 12.3 Å². The van der Waals surface area contributed by atoms with E-state index in [1.54, 1.807) is 0 Å². The Morgan fingerprint density at radius 2 is 2.33 bits per heavy atom. The third kappa shape index (κ3) is 3.78. The van der Waals surface area contributed by atoms with Gasteiger partial charge in [0.1, 0.15) is 0 Å². The lowest BCUT2D eigenvalue weighted by Gasteiger charge is -1.79. The van der Waals surface area contributed by atoms with Crippen molar-refractivity contribution in [2.75, 3.05) is 0 Å². The monoisotopic (exact) mass is 98.1 g/mol. The predicted molar refractivity (Wildman–Crippen MR) is 32.8 cm³/mol. The highest BCUT2D eigenvalue weighted by atomic mass is 28.1. The van der Waals surface area contributed by atoms with E-state index in [9.17, 15) is 0 Å². The Hall–Kier alpha value is -0.223. The Bertz CT molecular complexity index is 51.4. The van der Waals surface area contributed by atoms with Crippen LogP contribution in [0.15, 0.2) is 0 Å². The van der Waals surface area contributed by atoms with Crippen molar-refractivity contribution < 1.29 is 0 Å². The molecule has 0 spiro atoms. The van der Waals surface area contributed by atoms with Crippen LogP contribution in [0.1, 0.15) is 12.8 Å². The molecular weight excluding hydrogens is 88.1 g/mol. The minimum Gasteiger partial charge on any atom is -0.120 e. The van der Waals surface area contributed by atoms with Gasteiger partial charge in [0.15, 0.2) is 0 Å². The van der Waals surface area contributed by atoms with E-state index in [1.165, 1.54) is 22.7 Å². The maximum atomic E-state index is 4.98. The first-order chi connectivity index (χ1) is 2.91. The van der Waals surface area contributed by atoms with Crippen molar-refractivity contribution >= 4 is 10.2 Å². The average Bonchev–Trinajstić information content (AvgIpc) is 1.61. The maximum absolute atomic E-state index is 4.98. The standard InChI is InChI=1S/C5H10Si/c1-2-3-4-5-6/h1H,3-5H2,6H3. The summed E-state index contributed by atoms with van der Waals surface area (Å²) in [6.45, 7) is 0. The van der Waals surface area contributed by atoms with E-state index in [-0.39, 0.29) is 0 Å². The molecule has 0 aromatic rings. The fraction of sp³-hybridized carbons (Fsp3) is 0.600. The Morgan fingerprint density at radius 1 is 1.67 bits per heavy atom. The number of hydrogen-bond acceptors (Lipinski definition) is 0. The van der Waals surface area contributed by atoms with E-state index in [0.29, 0.717) is 0 Å². The van der Waals surface area contributed by atoms with E-state index >= 15 is 0 Å². The first-order valence-electron chi connectivity index (χ1n) is 2.35. The van der Waals surface area contributed by atoms with Gasteiger partial charge < -0.3 is 0 Å². The van der Waals surface area contributed by atoms with E-state index in [0.717, 1.165) is 6.42 Å². The van der Waals surface area contributed by atoms with Gasteiger partial charge in [0.05, 0.1) is 0 Å². The van der Waals surface area contributed by atoms with E-state index in [2.05, 4.69) is 5.92 Å². The Labute approximate surface area is 42.4 Å². The van der Waals surface area contributed by atoms with Crippen LogP contribution in [0.3, 0.4) is 0 Å². The van der Waals surface area contributed by atoms with Crippen LogP contribution in [0.2, 0.25) is 6.04 Å². The van der Waals surface area contributed by atoms with Gasteiger partial charge in [0.2, 0.25) is 0 Å². The molecule has 0 atom stereocenters. The van der Waals surface area contributed by atoms with Crippen LogP contribution in [-0.2, 0) is 0 Å². The lowest BCUT2D eigenvalue weighted by atomic mass is 10.4. The van der Waals surface area contributed by atoms with Crippen LogP contribution in [0, 0.1) is 12.3 Å². The second-order valence-electron chi connectivity index (χ2n) is 1.31. The van der Waals surface area contributed by atoms with Gasteiger partial charge in [-0.05, 0) is 6.42 Å². The number of rotatable bonds is 2. The molecule has 0 N–H and O–H groups in total. The summed E-state index contributed by atoms with van der Waals surface area (Å²) in [6.07, 6.45) is 7.19. The molecule has 6 heavy (non-hydrogen) atoms. The molecule has 1 heteroatoms. The van der Waals surface area contributed by atoms with Gasteiger partial charge in [-0.3, -0.25) is 0 Å². The zero-order valence-corrected chi connectivity index (χ0v) is 6.20. The van der Waals surface area contributed by atoms with Crippen LogP contribution < -0.4 is 0 Å². The molecule has 0 rings (SSSR count). The fourth-order valence-electron chi connectivity index (χ4n) is 0.279. The van der Waals surface area contributed by atoms with E-state index < -0.39 is 0 Å². The van der Waals surface area contributed by atoms with Crippen molar-refractivity contribution in [1.82, 2.24) is 0 Å². The lowest BCUT2D eigenvalue weighted by Crippen LogP contribution is -1.66. The highest BCUT2D eigenvalue weighted by Crippen LogP contribution is 1.87.